The molecule has 0 bridgehead atoms. The predicted molar refractivity (Wildman–Crippen MR) is 76.6 cm³/mol. The maximum absolute atomic E-state index is 8.65. The van der Waals surface area contributed by atoms with E-state index in [1.165, 1.54) is 4.88 Å². The number of nitriles is 1. The Morgan fingerprint density at radius 2 is 2.11 bits per heavy atom. The van der Waals surface area contributed by atoms with Gasteiger partial charge in [0.25, 0.3) is 0 Å². The van der Waals surface area contributed by atoms with Crippen LogP contribution in [0.1, 0.15) is 55.2 Å². The molecule has 0 saturated carbocycles. The summed E-state index contributed by atoms with van der Waals surface area (Å²) < 4.78 is 0. The van der Waals surface area contributed by atoms with Crippen LogP contribution in [-0.2, 0) is 0 Å². The Labute approximate surface area is 114 Å². The van der Waals surface area contributed by atoms with E-state index in [1.54, 1.807) is 11.3 Å². The van der Waals surface area contributed by atoms with Crippen LogP contribution in [0.4, 0.5) is 0 Å². The summed E-state index contributed by atoms with van der Waals surface area (Å²) in [7, 11) is 0. The summed E-state index contributed by atoms with van der Waals surface area (Å²) in [6, 6.07) is 2.55. The average molecular weight is 265 g/mol. The molecule has 1 rings (SSSR count). The molecule has 0 aliphatic rings. The van der Waals surface area contributed by atoms with Crippen LogP contribution in [0.3, 0.4) is 0 Å². The summed E-state index contributed by atoms with van der Waals surface area (Å²) >= 11 is 1.76. The van der Waals surface area contributed by atoms with Gasteiger partial charge < -0.3 is 5.32 Å². The van der Waals surface area contributed by atoms with Crippen LogP contribution in [0, 0.1) is 30.6 Å². The van der Waals surface area contributed by atoms with Crippen LogP contribution in [0.25, 0.3) is 0 Å². The lowest BCUT2D eigenvalue weighted by Crippen LogP contribution is -2.31. The lowest BCUT2D eigenvalue weighted by Gasteiger charge is -2.26. The number of aryl methyl sites for hydroxylation is 2. The monoisotopic (exact) mass is 265 g/mol. The maximum Gasteiger partial charge on any atom is 0.0900 e. The SMILES string of the molecule is Cc1nc(C)c(C(C)NCC(C)(C)CCC#N)s1. The Morgan fingerprint density at radius 3 is 2.61 bits per heavy atom. The molecule has 1 aromatic heterocycles. The van der Waals surface area contributed by atoms with Crippen molar-refractivity contribution < 1.29 is 0 Å². The van der Waals surface area contributed by atoms with E-state index in [1.807, 2.05) is 6.92 Å². The van der Waals surface area contributed by atoms with E-state index >= 15 is 0 Å². The molecule has 0 aliphatic heterocycles. The first-order chi connectivity index (χ1) is 8.35. The van der Waals surface area contributed by atoms with Crippen LogP contribution in [0.2, 0.25) is 0 Å². The first-order valence-corrected chi connectivity index (χ1v) is 7.21. The number of hydrogen-bond acceptors (Lipinski definition) is 4. The molecule has 1 aromatic rings. The smallest absolute Gasteiger partial charge is 0.0900 e. The Balaban J connectivity index is 2.53. The van der Waals surface area contributed by atoms with Crippen LogP contribution in [0.5, 0.6) is 0 Å². The first kappa shape index (κ1) is 15.1. The van der Waals surface area contributed by atoms with E-state index in [9.17, 15) is 0 Å². The number of rotatable bonds is 6. The molecule has 18 heavy (non-hydrogen) atoms. The van der Waals surface area contributed by atoms with Crippen LogP contribution in [-0.4, -0.2) is 11.5 Å². The topological polar surface area (TPSA) is 48.7 Å². The molecule has 1 heterocycles. The molecule has 1 N–H and O–H groups in total. The molecule has 0 fully saturated rings. The van der Waals surface area contributed by atoms with Gasteiger partial charge in [0.1, 0.15) is 0 Å². The van der Waals surface area contributed by atoms with E-state index in [0.29, 0.717) is 12.5 Å². The van der Waals surface area contributed by atoms with Gasteiger partial charge >= 0.3 is 0 Å². The number of nitrogens with zero attached hydrogens (tertiary/aromatic N) is 2. The van der Waals surface area contributed by atoms with Crippen molar-refractivity contribution in [2.75, 3.05) is 6.54 Å². The third-order valence-electron chi connectivity index (χ3n) is 3.13. The van der Waals surface area contributed by atoms with Crippen LogP contribution in [0.15, 0.2) is 0 Å². The Bertz CT molecular complexity index is 429. The molecule has 0 spiro atoms. The van der Waals surface area contributed by atoms with Crippen molar-refractivity contribution in [2.45, 2.75) is 53.5 Å². The van der Waals surface area contributed by atoms with Gasteiger partial charge in [0.2, 0.25) is 0 Å². The zero-order valence-electron chi connectivity index (χ0n) is 12.0. The van der Waals surface area contributed by atoms with E-state index in [0.717, 1.165) is 23.7 Å². The van der Waals surface area contributed by atoms with E-state index in [-0.39, 0.29) is 5.41 Å². The summed E-state index contributed by atoms with van der Waals surface area (Å²) in [6.07, 6.45) is 1.56. The summed E-state index contributed by atoms with van der Waals surface area (Å²) in [5.74, 6) is 0. The lowest BCUT2D eigenvalue weighted by atomic mass is 9.88. The molecular weight excluding hydrogens is 242 g/mol. The van der Waals surface area contributed by atoms with Crippen molar-refractivity contribution in [1.82, 2.24) is 10.3 Å². The highest BCUT2D eigenvalue weighted by Crippen LogP contribution is 2.26. The molecule has 4 heteroatoms. The van der Waals surface area contributed by atoms with Gasteiger partial charge in [0.15, 0.2) is 0 Å². The fraction of sp³-hybridized carbons (Fsp3) is 0.714. The molecule has 3 nitrogen and oxygen atoms in total. The molecule has 0 saturated heterocycles. The second kappa shape index (κ2) is 6.31. The molecule has 1 unspecified atom stereocenters. The van der Waals surface area contributed by atoms with Crippen molar-refractivity contribution in [3.63, 3.8) is 0 Å². The minimum absolute atomic E-state index is 0.164. The van der Waals surface area contributed by atoms with Crippen LogP contribution < -0.4 is 5.32 Å². The van der Waals surface area contributed by atoms with Gasteiger partial charge in [-0.2, -0.15) is 5.26 Å². The van der Waals surface area contributed by atoms with Gasteiger partial charge in [0.05, 0.1) is 16.8 Å². The van der Waals surface area contributed by atoms with Crippen molar-refractivity contribution in [3.8, 4) is 6.07 Å². The third-order valence-corrected chi connectivity index (χ3v) is 4.39. The second-order valence-electron chi connectivity index (χ2n) is 5.61. The molecule has 1 atom stereocenters. The second-order valence-corrected chi connectivity index (χ2v) is 6.84. The fourth-order valence-electron chi connectivity index (χ4n) is 1.95. The normalized spacial score (nSPS) is 13.3. The minimum Gasteiger partial charge on any atom is -0.309 e. The number of aromatic nitrogens is 1. The van der Waals surface area contributed by atoms with E-state index in [4.69, 9.17) is 5.26 Å². The molecule has 0 radical (unpaired) electrons. The van der Waals surface area contributed by atoms with Crippen molar-refractivity contribution in [3.05, 3.63) is 15.6 Å². The average Bonchev–Trinajstić information content (AvgIpc) is 2.63. The molecule has 0 aliphatic carbocycles. The zero-order valence-corrected chi connectivity index (χ0v) is 12.8. The number of nitrogens with one attached hydrogen (secondary N) is 1. The summed E-state index contributed by atoms with van der Waals surface area (Å²) in [5.41, 5.74) is 1.30. The fourth-order valence-corrected chi connectivity index (χ4v) is 2.91. The highest BCUT2D eigenvalue weighted by Gasteiger charge is 2.20. The van der Waals surface area contributed by atoms with E-state index < -0.39 is 0 Å². The lowest BCUT2D eigenvalue weighted by molar-refractivity contribution is 0.305. The Kier molecular flexibility index (Phi) is 5.30. The largest absolute Gasteiger partial charge is 0.309 e. The van der Waals surface area contributed by atoms with Gasteiger partial charge in [-0.05, 0) is 32.6 Å². The van der Waals surface area contributed by atoms with Gasteiger partial charge in [0, 0.05) is 23.9 Å². The molecule has 0 amide bonds. The molecule has 0 aromatic carbocycles. The highest BCUT2D eigenvalue weighted by molar-refractivity contribution is 7.11. The summed E-state index contributed by atoms with van der Waals surface area (Å²) in [4.78, 5) is 5.78. The van der Waals surface area contributed by atoms with Gasteiger partial charge in [-0.15, -0.1) is 11.3 Å². The van der Waals surface area contributed by atoms with Gasteiger partial charge in [-0.3, -0.25) is 0 Å². The number of thiazole rings is 1. The minimum atomic E-state index is 0.164. The Hall–Kier alpha value is -0.920. The highest BCUT2D eigenvalue weighted by atomic mass is 32.1. The van der Waals surface area contributed by atoms with Gasteiger partial charge in [-0.25, -0.2) is 4.98 Å². The molecule has 100 valence electrons. The molecular formula is C14H23N3S. The predicted octanol–water partition coefficient (Wildman–Crippen LogP) is 3.74. The quantitative estimate of drug-likeness (QED) is 0.852. The maximum atomic E-state index is 8.65. The zero-order chi connectivity index (χ0) is 13.8. The number of hydrogen-bond donors (Lipinski definition) is 1. The van der Waals surface area contributed by atoms with Crippen molar-refractivity contribution >= 4 is 11.3 Å². The summed E-state index contributed by atoms with van der Waals surface area (Å²) in [6.45, 7) is 11.6. The van der Waals surface area contributed by atoms with E-state index in [2.05, 4.69) is 44.1 Å². The van der Waals surface area contributed by atoms with Crippen molar-refractivity contribution in [1.29, 1.82) is 5.26 Å². The standard InChI is InChI=1S/C14H23N3S/c1-10(13-11(2)17-12(3)18-13)16-9-14(4,5)7-6-8-15/h10,16H,6-7,9H2,1-5H3. The van der Waals surface area contributed by atoms with Gasteiger partial charge in [-0.1, -0.05) is 13.8 Å². The third kappa shape index (κ3) is 4.40. The van der Waals surface area contributed by atoms with Crippen molar-refractivity contribution in [2.24, 2.45) is 5.41 Å². The Morgan fingerprint density at radius 1 is 1.44 bits per heavy atom. The summed E-state index contributed by atoms with van der Waals surface area (Å²) in [5, 5.41) is 13.3. The van der Waals surface area contributed by atoms with Crippen LogP contribution >= 0.6 is 11.3 Å². The first-order valence-electron chi connectivity index (χ1n) is 6.40.